The Morgan fingerprint density at radius 2 is 1.88 bits per heavy atom. The number of carbonyl (C=O) groups is 1. The first-order valence-corrected chi connectivity index (χ1v) is 8.67. The van der Waals surface area contributed by atoms with Crippen LogP contribution in [0.25, 0.3) is 0 Å². The van der Waals surface area contributed by atoms with Crippen LogP contribution in [0.15, 0.2) is 48.7 Å². The van der Waals surface area contributed by atoms with Gasteiger partial charge in [-0.25, -0.2) is 4.98 Å². The molecule has 0 fully saturated rings. The fourth-order valence-corrected chi connectivity index (χ4v) is 2.37. The number of anilines is 1. The summed E-state index contributed by atoms with van der Waals surface area (Å²) in [6.07, 6.45) is 4.72. The van der Waals surface area contributed by atoms with Crippen LogP contribution in [0.2, 0.25) is 0 Å². The Hall–Kier alpha value is -2.36. The number of hydrogen-bond donors (Lipinski definition) is 2. The van der Waals surface area contributed by atoms with Crippen molar-refractivity contribution in [1.82, 2.24) is 10.3 Å². The predicted octanol–water partition coefficient (Wildman–Crippen LogP) is 3.90. The molecule has 1 heterocycles. The molecule has 0 aliphatic rings. The highest BCUT2D eigenvalue weighted by Gasteiger charge is 2.06. The van der Waals surface area contributed by atoms with Crippen molar-refractivity contribution < 1.29 is 4.79 Å². The van der Waals surface area contributed by atoms with E-state index in [9.17, 15) is 4.79 Å². The first kappa shape index (κ1) is 18.0. The van der Waals surface area contributed by atoms with E-state index in [0.29, 0.717) is 18.2 Å². The zero-order valence-corrected chi connectivity index (χ0v) is 14.6. The van der Waals surface area contributed by atoms with E-state index in [4.69, 9.17) is 0 Å². The minimum atomic E-state index is -0.114. The second-order valence-corrected chi connectivity index (χ2v) is 6.39. The second-order valence-electron chi connectivity index (χ2n) is 6.39. The maximum atomic E-state index is 12.1. The molecule has 24 heavy (non-hydrogen) atoms. The molecule has 1 aromatic heterocycles. The summed E-state index contributed by atoms with van der Waals surface area (Å²) in [6, 6.07) is 14.0. The number of pyridine rings is 1. The lowest BCUT2D eigenvalue weighted by atomic mass is 10.1. The molecule has 0 spiro atoms. The van der Waals surface area contributed by atoms with Crippen molar-refractivity contribution in [1.29, 1.82) is 0 Å². The molecule has 0 unspecified atom stereocenters. The molecule has 4 heteroatoms. The number of nitrogens with zero attached hydrogens (tertiary/aromatic N) is 1. The lowest BCUT2D eigenvalue weighted by Gasteiger charge is -2.09. The molecule has 0 aliphatic heterocycles. The minimum absolute atomic E-state index is 0.114. The number of rotatable bonds is 9. The molecule has 2 rings (SSSR count). The highest BCUT2D eigenvalue weighted by atomic mass is 16.1. The summed E-state index contributed by atoms with van der Waals surface area (Å²) in [6.45, 7) is 5.98. The molecule has 2 aromatic rings. The van der Waals surface area contributed by atoms with E-state index in [1.165, 1.54) is 5.56 Å². The smallest absolute Gasteiger partial charge is 0.269 e. The normalized spacial score (nSPS) is 10.6. The van der Waals surface area contributed by atoms with E-state index in [1.807, 2.05) is 24.3 Å². The van der Waals surface area contributed by atoms with Crippen LogP contribution < -0.4 is 10.6 Å². The van der Waals surface area contributed by atoms with Crippen molar-refractivity contribution in [2.75, 3.05) is 18.4 Å². The summed E-state index contributed by atoms with van der Waals surface area (Å²) < 4.78 is 0. The standard InChI is InChI=1S/C20H27N3O/c1-16(2)12-14-21-18-10-11-19(23-15-18)20(24)22-13-6-9-17-7-4-3-5-8-17/h3-5,7-8,10-11,15-16,21H,6,9,12-14H2,1-2H3,(H,22,24). The minimum Gasteiger partial charge on any atom is -0.384 e. The molecular formula is C20H27N3O. The third kappa shape index (κ3) is 6.41. The Labute approximate surface area is 144 Å². The Morgan fingerprint density at radius 3 is 2.54 bits per heavy atom. The van der Waals surface area contributed by atoms with Gasteiger partial charge in [-0.05, 0) is 42.9 Å². The van der Waals surface area contributed by atoms with Gasteiger partial charge in [0.05, 0.1) is 11.9 Å². The van der Waals surface area contributed by atoms with E-state index in [1.54, 1.807) is 12.3 Å². The van der Waals surface area contributed by atoms with Crippen molar-refractivity contribution in [3.63, 3.8) is 0 Å². The second kappa shape index (κ2) is 9.71. The Balaban J connectivity index is 1.70. The maximum absolute atomic E-state index is 12.1. The van der Waals surface area contributed by atoms with Crippen molar-refractivity contribution in [3.05, 3.63) is 59.9 Å². The molecule has 0 bridgehead atoms. The monoisotopic (exact) mass is 325 g/mol. The van der Waals surface area contributed by atoms with Crippen LogP contribution in [0.4, 0.5) is 5.69 Å². The van der Waals surface area contributed by atoms with E-state index in [-0.39, 0.29) is 5.91 Å². The van der Waals surface area contributed by atoms with Crippen LogP contribution in [0.5, 0.6) is 0 Å². The van der Waals surface area contributed by atoms with Gasteiger partial charge in [0.2, 0.25) is 0 Å². The van der Waals surface area contributed by atoms with Gasteiger partial charge in [0.25, 0.3) is 5.91 Å². The van der Waals surface area contributed by atoms with Gasteiger partial charge in [-0.2, -0.15) is 0 Å². The molecule has 0 atom stereocenters. The van der Waals surface area contributed by atoms with Gasteiger partial charge in [0.15, 0.2) is 0 Å². The first-order chi connectivity index (χ1) is 11.6. The van der Waals surface area contributed by atoms with Crippen LogP contribution in [0, 0.1) is 5.92 Å². The highest BCUT2D eigenvalue weighted by molar-refractivity contribution is 5.92. The van der Waals surface area contributed by atoms with Crippen LogP contribution >= 0.6 is 0 Å². The molecule has 0 saturated carbocycles. The van der Waals surface area contributed by atoms with Crippen LogP contribution in [0.3, 0.4) is 0 Å². The number of aromatic nitrogens is 1. The fourth-order valence-electron chi connectivity index (χ4n) is 2.37. The van der Waals surface area contributed by atoms with Crippen molar-refractivity contribution in [3.8, 4) is 0 Å². The zero-order chi connectivity index (χ0) is 17.2. The number of hydrogen-bond acceptors (Lipinski definition) is 3. The summed E-state index contributed by atoms with van der Waals surface area (Å²) in [4.78, 5) is 16.3. The molecule has 128 valence electrons. The molecule has 0 radical (unpaired) electrons. The van der Waals surface area contributed by atoms with Crippen molar-refractivity contribution >= 4 is 11.6 Å². The Bertz CT molecular complexity index is 609. The lowest BCUT2D eigenvalue weighted by molar-refractivity contribution is 0.0948. The SMILES string of the molecule is CC(C)CCNc1ccc(C(=O)NCCCc2ccccc2)nc1. The van der Waals surface area contributed by atoms with E-state index < -0.39 is 0 Å². The summed E-state index contributed by atoms with van der Waals surface area (Å²) in [5.41, 5.74) is 2.71. The van der Waals surface area contributed by atoms with E-state index in [2.05, 4.69) is 41.6 Å². The van der Waals surface area contributed by atoms with Gasteiger partial charge in [-0.15, -0.1) is 0 Å². The lowest BCUT2D eigenvalue weighted by Crippen LogP contribution is -2.25. The topological polar surface area (TPSA) is 54.0 Å². The van der Waals surface area contributed by atoms with Crippen molar-refractivity contribution in [2.45, 2.75) is 33.1 Å². The summed E-state index contributed by atoms with van der Waals surface area (Å²) in [5.74, 6) is 0.559. The molecule has 1 aromatic carbocycles. The number of nitrogens with one attached hydrogen (secondary N) is 2. The first-order valence-electron chi connectivity index (χ1n) is 8.67. The molecule has 4 nitrogen and oxygen atoms in total. The quantitative estimate of drug-likeness (QED) is 0.688. The largest absolute Gasteiger partial charge is 0.384 e. The number of benzene rings is 1. The summed E-state index contributed by atoms with van der Waals surface area (Å²) in [5, 5.41) is 6.24. The number of aryl methyl sites for hydroxylation is 1. The summed E-state index contributed by atoms with van der Waals surface area (Å²) >= 11 is 0. The fraction of sp³-hybridized carbons (Fsp3) is 0.400. The summed E-state index contributed by atoms with van der Waals surface area (Å²) in [7, 11) is 0. The zero-order valence-electron chi connectivity index (χ0n) is 14.6. The van der Waals surface area contributed by atoms with Gasteiger partial charge >= 0.3 is 0 Å². The third-order valence-corrected chi connectivity index (χ3v) is 3.82. The molecule has 0 aliphatic carbocycles. The molecule has 2 N–H and O–H groups in total. The third-order valence-electron chi connectivity index (χ3n) is 3.82. The van der Waals surface area contributed by atoms with Crippen LogP contribution in [0.1, 0.15) is 42.7 Å². The van der Waals surface area contributed by atoms with E-state index in [0.717, 1.165) is 31.5 Å². The predicted molar refractivity (Wildman–Crippen MR) is 99.3 cm³/mol. The van der Waals surface area contributed by atoms with Crippen molar-refractivity contribution in [2.24, 2.45) is 5.92 Å². The van der Waals surface area contributed by atoms with E-state index >= 15 is 0 Å². The van der Waals surface area contributed by atoms with Gasteiger partial charge in [-0.1, -0.05) is 44.2 Å². The molecule has 1 amide bonds. The van der Waals surface area contributed by atoms with Crippen LogP contribution in [-0.4, -0.2) is 24.0 Å². The maximum Gasteiger partial charge on any atom is 0.269 e. The molecular weight excluding hydrogens is 298 g/mol. The highest BCUT2D eigenvalue weighted by Crippen LogP contribution is 2.08. The average molecular weight is 325 g/mol. The number of carbonyl (C=O) groups excluding carboxylic acids is 1. The van der Waals surface area contributed by atoms with Crippen LogP contribution in [-0.2, 0) is 6.42 Å². The average Bonchev–Trinajstić information content (AvgIpc) is 2.60. The van der Waals surface area contributed by atoms with Gasteiger partial charge in [0.1, 0.15) is 5.69 Å². The number of amides is 1. The van der Waals surface area contributed by atoms with Gasteiger partial charge in [-0.3, -0.25) is 4.79 Å². The Morgan fingerprint density at radius 1 is 1.08 bits per heavy atom. The van der Waals surface area contributed by atoms with Gasteiger partial charge < -0.3 is 10.6 Å². The Kier molecular flexibility index (Phi) is 7.27. The van der Waals surface area contributed by atoms with Gasteiger partial charge in [0, 0.05) is 13.1 Å². The molecule has 0 saturated heterocycles.